The minimum atomic E-state index is 0.469. The second-order valence-corrected chi connectivity index (χ2v) is 7.10. The first-order valence-corrected chi connectivity index (χ1v) is 9.80. The molecule has 0 radical (unpaired) electrons. The van der Waals surface area contributed by atoms with E-state index in [2.05, 4.69) is 54.4 Å². The van der Waals surface area contributed by atoms with Gasteiger partial charge in [0.2, 0.25) is 0 Å². The Morgan fingerprint density at radius 3 is 2.88 bits per heavy atom. The second kappa shape index (κ2) is 8.96. The van der Waals surface area contributed by atoms with E-state index in [4.69, 9.17) is 0 Å². The van der Waals surface area contributed by atoms with Gasteiger partial charge in [0.15, 0.2) is 5.96 Å². The average Bonchev–Trinajstić information content (AvgIpc) is 3.26. The van der Waals surface area contributed by atoms with Crippen molar-refractivity contribution in [3.63, 3.8) is 0 Å². The Hall–Kier alpha value is -1.93. The number of thiophene rings is 1. The van der Waals surface area contributed by atoms with Crippen molar-refractivity contribution < 1.29 is 0 Å². The number of aromatic nitrogens is 3. The van der Waals surface area contributed by atoms with Crippen molar-refractivity contribution in [2.75, 3.05) is 19.6 Å². The summed E-state index contributed by atoms with van der Waals surface area (Å²) in [5.41, 5.74) is 1.43. The third kappa shape index (κ3) is 5.27. The number of piperidine rings is 1. The van der Waals surface area contributed by atoms with Gasteiger partial charge in [0.25, 0.3) is 0 Å². The van der Waals surface area contributed by atoms with Gasteiger partial charge in [0.1, 0.15) is 18.7 Å². The average molecular weight is 362 g/mol. The molecule has 1 fully saturated rings. The molecule has 25 heavy (non-hydrogen) atoms. The second-order valence-electron chi connectivity index (χ2n) is 6.32. The van der Waals surface area contributed by atoms with Gasteiger partial charge in [0, 0.05) is 39.3 Å². The largest absolute Gasteiger partial charge is 0.357 e. The van der Waals surface area contributed by atoms with Gasteiger partial charge in [-0.15, -0.1) is 0 Å². The maximum atomic E-state index is 4.65. The zero-order valence-corrected chi connectivity index (χ0v) is 15.8. The fourth-order valence-corrected chi connectivity index (χ4v) is 3.66. The van der Waals surface area contributed by atoms with Gasteiger partial charge in [-0.3, -0.25) is 9.58 Å². The fourth-order valence-electron chi connectivity index (χ4n) is 3.00. The zero-order chi connectivity index (χ0) is 17.5. The van der Waals surface area contributed by atoms with Crippen molar-refractivity contribution in [1.82, 2.24) is 30.3 Å². The minimum absolute atomic E-state index is 0.469. The van der Waals surface area contributed by atoms with Gasteiger partial charge in [-0.1, -0.05) is 0 Å². The molecule has 3 rings (SSSR count). The number of likely N-dealkylation sites (tertiary alicyclic amines) is 1. The van der Waals surface area contributed by atoms with Crippen molar-refractivity contribution in [1.29, 1.82) is 0 Å². The van der Waals surface area contributed by atoms with Gasteiger partial charge in [-0.2, -0.15) is 16.4 Å². The number of aliphatic imine (C=N–C) groups is 1. The van der Waals surface area contributed by atoms with Gasteiger partial charge in [-0.05, 0) is 42.2 Å². The highest BCUT2D eigenvalue weighted by molar-refractivity contribution is 7.07. The molecule has 136 valence electrons. The topological polar surface area (TPSA) is 70.4 Å². The molecule has 1 aliphatic heterocycles. The molecule has 3 heterocycles. The highest BCUT2D eigenvalue weighted by Gasteiger charge is 2.20. The van der Waals surface area contributed by atoms with Crippen LogP contribution in [0.25, 0.3) is 0 Å². The highest BCUT2D eigenvalue weighted by atomic mass is 32.1. The summed E-state index contributed by atoms with van der Waals surface area (Å²) in [5.74, 6) is 1.73. The summed E-state index contributed by atoms with van der Waals surface area (Å²) < 4.78 is 1.76. The van der Waals surface area contributed by atoms with E-state index in [0.717, 1.165) is 50.8 Å². The van der Waals surface area contributed by atoms with Crippen molar-refractivity contribution in [2.24, 2.45) is 12.0 Å². The molecule has 0 atom stereocenters. The van der Waals surface area contributed by atoms with Crippen LogP contribution >= 0.6 is 11.3 Å². The summed E-state index contributed by atoms with van der Waals surface area (Å²) in [6.07, 6.45) is 3.84. The van der Waals surface area contributed by atoms with E-state index >= 15 is 0 Å². The molecule has 0 amide bonds. The minimum Gasteiger partial charge on any atom is -0.357 e. The van der Waals surface area contributed by atoms with Crippen molar-refractivity contribution in [2.45, 2.75) is 38.9 Å². The lowest BCUT2D eigenvalue weighted by molar-refractivity contribution is 0.198. The molecule has 1 aliphatic rings. The summed E-state index contributed by atoms with van der Waals surface area (Å²) in [7, 11) is 1.89. The monoisotopic (exact) mass is 361 g/mol. The Labute approximate surface area is 153 Å². The maximum Gasteiger partial charge on any atom is 0.191 e. The molecule has 7 nitrogen and oxygen atoms in total. The van der Waals surface area contributed by atoms with Crippen LogP contribution in [0, 0.1) is 0 Å². The first kappa shape index (κ1) is 17.9. The van der Waals surface area contributed by atoms with Crippen LogP contribution in [0.5, 0.6) is 0 Å². The van der Waals surface area contributed by atoms with E-state index in [9.17, 15) is 0 Å². The Morgan fingerprint density at radius 2 is 2.24 bits per heavy atom. The van der Waals surface area contributed by atoms with Crippen molar-refractivity contribution in [3.8, 4) is 0 Å². The van der Waals surface area contributed by atoms with Crippen LogP contribution < -0.4 is 10.6 Å². The van der Waals surface area contributed by atoms with E-state index in [0.29, 0.717) is 12.6 Å². The fraction of sp³-hybridized carbons (Fsp3) is 0.588. The van der Waals surface area contributed by atoms with Gasteiger partial charge in [-0.25, -0.2) is 9.98 Å². The molecule has 0 aliphatic carbocycles. The molecule has 0 aromatic carbocycles. The lowest BCUT2D eigenvalue weighted by Crippen LogP contribution is -2.48. The van der Waals surface area contributed by atoms with Gasteiger partial charge in [0.05, 0.1) is 0 Å². The van der Waals surface area contributed by atoms with Gasteiger partial charge < -0.3 is 10.6 Å². The summed E-state index contributed by atoms with van der Waals surface area (Å²) in [6, 6.07) is 2.69. The Bertz CT molecular complexity index is 656. The van der Waals surface area contributed by atoms with Crippen molar-refractivity contribution >= 4 is 17.3 Å². The molecular formula is C17H27N7S. The Kier molecular flexibility index (Phi) is 6.41. The summed E-state index contributed by atoms with van der Waals surface area (Å²) in [5, 5.41) is 15.4. The zero-order valence-electron chi connectivity index (χ0n) is 15.0. The van der Waals surface area contributed by atoms with E-state index < -0.39 is 0 Å². The highest BCUT2D eigenvalue weighted by Crippen LogP contribution is 2.15. The first-order chi connectivity index (χ1) is 12.2. The molecule has 0 unspecified atom stereocenters. The molecular weight excluding hydrogens is 334 g/mol. The molecule has 0 spiro atoms. The normalized spacial score (nSPS) is 17.0. The van der Waals surface area contributed by atoms with Crippen LogP contribution in [0.2, 0.25) is 0 Å². The van der Waals surface area contributed by atoms with Crippen LogP contribution in [0.1, 0.15) is 31.2 Å². The maximum absolute atomic E-state index is 4.65. The van der Waals surface area contributed by atoms with E-state index in [1.165, 1.54) is 5.56 Å². The van der Waals surface area contributed by atoms with Crippen LogP contribution in [0.3, 0.4) is 0 Å². The number of guanidine groups is 1. The molecule has 0 saturated carbocycles. The van der Waals surface area contributed by atoms with E-state index in [1.54, 1.807) is 22.3 Å². The lowest BCUT2D eigenvalue weighted by Gasteiger charge is -2.32. The number of rotatable bonds is 6. The van der Waals surface area contributed by atoms with E-state index in [-0.39, 0.29) is 0 Å². The predicted octanol–water partition coefficient (Wildman–Crippen LogP) is 1.60. The Balaban J connectivity index is 1.48. The van der Waals surface area contributed by atoms with Crippen LogP contribution in [0.15, 0.2) is 28.1 Å². The summed E-state index contributed by atoms with van der Waals surface area (Å²) in [4.78, 5) is 11.4. The van der Waals surface area contributed by atoms with E-state index in [1.807, 2.05) is 7.05 Å². The summed E-state index contributed by atoms with van der Waals surface area (Å²) in [6.45, 7) is 6.77. The number of hydrogen-bond acceptors (Lipinski definition) is 5. The smallest absolute Gasteiger partial charge is 0.191 e. The van der Waals surface area contributed by atoms with Crippen LogP contribution in [-0.4, -0.2) is 51.3 Å². The molecule has 8 heteroatoms. The molecule has 2 N–H and O–H groups in total. The third-order valence-corrected chi connectivity index (χ3v) is 5.17. The Morgan fingerprint density at radius 1 is 1.40 bits per heavy atom. The molecule has 2 aromatic rings. The number of nitrogens with zero attached hydrogens (tertiary/aromatic N) is 5. The van der Waals surface area contributed by atoms with Crippen molar-refractivity contribution in [3.05, 3.63) is 34.5 Å². The lowest BCUT2D eigenvalue weighted by atomic mass is 10.0. The quantitative estimate of drug-likeness (QED) is 0.604. The standard InChI is InChI=1S/C17H27N7S/c1-3-18-17(19-10-16-20-13-21-23(16)2)22-15-4-7-24(8-5-15)11-14-6-9-25-12-14/h6,9,12-13,15H,3-5,7-8,10-11H2,1-2H3,(H2,18,19,22). The number of aryl methyl sites for hydroxylation is 1. The summed E-state index contributed by atoms with van der Waals surface area (Å²) >= 11 is 1.77. The SMILES string of the molecule is CCNC(=NCc1ncnn1C)NC1CCN(Cc2ccsc2)CC1. The molecule has 2 aromatic heterocycles. The molecule has 1 saturated heterocycles. The predicted molar refractivity (Wildman–Crippen MR) is 102 cm³/mol. The third-order valence-electron chi connectivity index (χ3n) is 4.44. The first-order valence-electron chi connectivity index (χ1n) is 8.85. The van der Waals surface area contributed by atoms with Gasteiger partial charge >= 0.3 is 0 Å². The van der Waals surface area contributed by atoms with Crippen LogP contribution in [-0.2, 0) is 20.1 Å². The van der Waals surface area contributed by atoms with Crippen LogP contribution in [0.4, 0.5) is 0 Å². The molecule has 0 bridgehead atoms. The number of nitrogens with one attached hydrogen (secondary N) is 2. The number of hydrogen-bond donors (Lipinski definition) is 2.